The monoisotopic (exact) mass is 467 g/mol. The predicted octanol–water partition coefficient (Wildman–Crippen LogP) is 4.84. The lowest BCUT2D eigenvalue weighted by Crippen LogP contribution is -2.19. The molecule has 170 valence electrons. The largest absolute Gasteiger partial charge is 0.483 e. The summed E-state index contributed by atoms with van der Waals surface area (Å²) in [5.74, 6) is 0.467. The summed E-state index contributed by atoms with van der Waals surface area (Å²) >= 11 is 6.47. The average molecular weight is 468 g/mol. The number of oxazole rings is 1. The van der Waals surface area contributed by atoms with Crippen LogP contribution in [0.4, 0.5) is 11.8 Å². The lowest BCUT2D eigenvalue weighted by Gasteiger charge is -2.17. The number of pyridine rings is 2. The van der Waals surface area contributed by atoms with E-state index >= 15 is 0 Å². The first-order valence-electron chi connectivity index (χ1n) is 10.2. The Bertz CT molecular complexity index is 1350. The van der Waals surface area contributed by atoms with Crippen LogP contribution in [0.5, 0.6) is 5.75 Å². The van der Waals surface area contributed by atoms with Crippen LogP contribution in [0.25, 0.3) is 10.9 Å². The van der Waals surface area contributed by atoms with E-state index in [4.69, 9.17) is 20.8 Å². The van der Waals surface area contributed by atoms with Gasteiger partial charge in [-0.3, -0.25) is 14.6 Å². The second-order valence-corrected chi connectivity index (χ2v) is 7.93. The van der Waals surface area contributed by atoms with E-state index in [1.54, 1.807) is 31.3 Å². The number of aromatic amines is 1. The molecule has 33 heavy (non-hydrogen) atoms. The first-order valence-corrected chi connectivity index (χ1v) is 10.6. The Hall–Kier alpha value is -3.85. The molecule has 0 aliphatic rings. The molecular weight excluding hydrogens is 446 g/mol. The highest BCUT2D eigenvalue weighted by Crippen LogP contribution is 2.33. The fraction of sp³-hybridized carbons (Fsp3) is 0.217. The second-order valence-electron chi connectivity index (χ2n) is 7.52. The van der Waals surface area contributed by atoms with Crippen LogP contribution in [-0.4, -0.2) is 20.9 Å². The molecule has 0 radical (unpaired) electrons. The first kappa shape index (κ1) is 22.3. The van der Waals surface area contributed by atoms with Gasteiger partial charge < -0.3 is 24.8 Å². The van der Waals surface area contributed by atoms with Crippen LogP contribution in [0.15, 0.2) is 58.1 Å². The molecule has 0 saturated carbocycles. The topological polar surface area (TPSA) is 122 Å². The van der Waals surface area contributed by atoms with Gasteiger partial charge >= 0.3 is 0 Å². The predicted molar refractivity (Wildman–Crippen MR) is 126 cm³/mol. The van der Waals surface area contributed by atoms with Crippen molar-refractivity contribution in [2.24, 2.45) is 0 Å². The molecule has 4 rings (SSSR count). The summed E-state index contributed by atoms with van der Waals surface area (Å²) in [6.07, 6.45) is 2.69. The van der Waals surface area contributed by atoms with Crippen molar-refractivity contribution in [1.29, 1.82) is 0 Å². The molecule has 3 N–H and O–H groups in total. The zero-order chi connectivity index (χ0) is 23.5. The van der Waals surface area contributed by atoms with E-state index in [9.17, 15) is 9.59 Å². The van der Waals surface area contributed by atoms with Gasteiger partial charge in [-0.1, -0.05) is 17.7 Å². The van der Waals surface area contributed by atoms with Crippen molar-refractivity contribution in [3.05, 3.63) is 75.5 Å². The summed E-state index contributed by atoms with van der Waals surface area (Å²) < 4.78 is 11.3. The molecule has 0 fully saturated rings. The summed E-state index contributed by atoms with van der Waals surface area (Å²) in [6, 6.07) is 10.5. The molecule has 0 saturated heterocycles. The van der Waals surface area contributed by atoms with Crippen molar-refractivity contribution in [3.63, 3.8) is 0 Å². The first-order chi connectivity index (χ1) is 15.8. The summed E-state index contributed by atoms with van der Waals surface area (Å²) in [5.41, 5.74) is 1.55. The number of hydrogen-bond acceptors (Lipinski definition) is 7. The van der Waals surface area contributed by atoms with Gasteiger partial charge in [-0.15, -0.1) is 0 Å². The molecule has 0 spiro atoms. The number of H-pyrrole nitrogens is 1. The Labute approximate surface area is 194 Å². The third kappa shape index (κ3) is 5.15. The maximum absolute atomic E-state index is 12.8. The van der Waals surface area contributed by atoms with Gasteiger partial charge in [-0.2, -0.15) is 4.98 Å². The van der Waals surface area contributed by atoms with Crippen LogP contribution in [0, 0.1) is 0 Å². The summed E-state index contributed by atoms with van der Waals surface area (Å²) in [5, 5.41) is 6.70. The van der Waals surface area contributed by atoms with E-state index in [1.807, 2.05) is 25.1 Å². The summed E-state index contributed by atoms with van der Waals surface area (Å²) in [6.45, 7) is 5.05. The van der Waals surface area contributed by atoms with Gasteiger partial charge in [0, 0.05) is 30.1 Å². The number of carbonyl (C=O) groups excluding carboxylic acids is 1. The quantitative estimate of drug-likeness (QED) is 0.355. The minimum Gasteiger partial charge on any atom is -0.483 e. The number of fused-ring (bicyclic) bond motifs is 1. The number of carbonyl (C=O) groups is 1. The number of amides is 1. The molecule has 3 heterocycles. The molecule has 0 aliphatic heterocycles. The molecule has 1 aromatic carbocycles. The fourth-order valence-electron chi connectivity index (χ4n) is 3.34. The van der Waals surface area contributed by atoms with Gasteiger partial charge in [-0.25, -0.2) is 0 Å². The van der Waals surface area contributed by atoms with E-state index in [-0.39, 0.29) is 29.4 Å². The van der Waals surface area contributed by atoms with Gasteiger partial charge in [-0.05, 0) is 38.1 Å². The second kappa shape index (κ2) is 9.33. The average Bonchev–Trinajstić information content (AvgIpc) is 3.20. The maximum atomic E-state index is 12.8. The van der Waals surface area contributed by atoms with Crippen molar-refractivity contribution in [3.8, 4) is 5.75 Å². The molecule has 1 amide bonds. The zero-order valence-electron chi connectivity index (χ0n) is 18.2. The highest BCUT2D eigenvalue weighted by Gasteiger charge is 2.17. The number of benzene rings is 1. The molecular formula is C23H22ClN5O4. The van der Waals surface area contributed by atoms with Crippen molar-refractivity contribution in [2.45, 2.75) is 32.9 Å². The normalized spacial score (nSPS) is 12.8. The minimum atomic E-state index is -0.430. The van der Waals surface area contributed by atoms with Crippen molar-refractivity contribution >= 4 is 40.2 Å². The van der Waals surface area contributed by atoms with Gasteiger partial charge in [0.25, 0.3) is 11.6 Å². The van der Waals surface area contributed by atoms with E-state index in [1.165, 1.54) is 13.2 Å². The Morgan fingerprint density at radius 2 is 2.06 bits per heavy atom. The van der Waals surface area contributed by atoms with E-state index in [0.717, 1.165) is 11.1 Å². The van der Waals surface area contributed by atoms with Crippen LogP contribution in [0.2, 0.25) is 5.02 Å². The molecule has 10 heteroatoms. The van der Waals surface area contributed by atoms with Crippen LogP contribution in [0.3, 0.4) is 0 Å². The van der Waals surface area contributed by atoms with Crippen LogP contribution < -0.4 is 20.9 Å². The lowest BCUT2D eigenvalue weighted by molar-refractivity contribution is -0.114. The molecule has 0 bridgehead atoms. The van der Waals surface area contributed by atoms with Crippen LogP contribution in [-0.2, 0) is 4.79 Å². The molecule has 4 aromatic rings. The van der Waals surface area contributed by atoms with Crippen molar-refractivity contribution in [2.75, 3.05) is 10.6 Å². The van der Waals surface area contributed by atoms with E-state index < -0.39 is 6.04 Å². The fourth-order valence-corrected chi connectivity index (χ4v) is 3.56. The van der Waals surface area contributed by atoms with Crippen LogP contribution in [0.1, 0.15) is 44.2 Å². The van der Waals surface area contributed by atoms with Crippen molar-refractivity contribution < 1.29 is 13.9 Å². The minimum absolute atomic E-state index is 0.177. The van der Waals surface area contributed by atoms with E-state index in [2.05, 4.69) is 25.6 Å². The van der Waals surface area contributed by atoms with E-state index in [0.29, 0.717) is 21.9 Å². The molecule has 2 atom stereocenters. The number of nitrogens with one attached hydrogen (secondary N) is 3. The number of nitrogens with zero attached hydrogens (tertiary/aromatic N) is 2. The third-order valence-electron chi connectivity index (χ3n) is 4.95. The number of aromatic nitrogens is 3. The smallest absolute Gasteiger partial charge is 0.297 e. The Kier molecular flexibility index (Phi) is 6.32. The Morgan fingerprint density at radius 3 is 2.79 bits per heavy atom. The van der Waals surface area contributed by atoms with Gasteiger partial charge in [0.15, 0.2) is 5.82 Å². The van der Waals surface area contributed by atoms with Gasteiger partial charge in [0.2, 0.25) is 5.91 Å². The lowest BCUT2D eigenvalue weighted by atomic mass is 10.1. The van der Waals surface area contributed by atoms with Gasteiger partial charge in [0.1, 0.15) is 18.1 Å². The number of rotatable bonds is 7. The zero-order valence-corrected chi connectivity index (χ0v) is 18.9. The number of hydrogen-bond donors (Lipinski definition) is 3. The Morgan fingerprint density at radius 1 is 1.24 bits per heavy atom. The number of ether oxygens (including phenoxy) is 1. The Balaban J connectivity index is 1.57. The standard InChI is InChI=1S/C23H22ClN5O4/c1-12(26-23-29-21(11-32-23)27-14(3)30)16-8-15-9-17(24)20(10-19(15)28-22(16)31)33-13(2)18-6-4-5-7-25-18/h4-13H,1-3H3,(H,26,29)(H,27,30)(H,28,31)/t12-,13+/m0/s1. The number of anilines is 2. The summed E-state index contributed by atoms with van der Waals surface area (Å²) in [7, 11) is 0. The van der Waals surface area contributed by atoms with Crippen molar-refractivity contribution in [1.82, 2.24) is 15.0 Å². The third-order valence-corrected chi connectivity index (χ3v) is 5.24. The highest BCUT2D eigenvalue weighted by atomic mass is 35.5. The highest BCUT2D eigenvalue weighted by molar-refractivity contribution is 6.32. The van der Waals surface area contributed by atoms with Crippen LogP contribution >= 0.6 is 11.6 Å². The summed E-state index contributed by atoms with van der Waals surface area (Å²) in [4.78, 5) is 35.2. The molecule has 9 nitrogen and oxygen atoms in total. The molecule has 0 aliphatic carbocycles. The van der Waals surface area contributed by atoms with Gasteiger partial charge in [0.05, 0.1) is 22.3 Å². The number of halogens is 1. The maximum Gasteiger partial charge on any atom is 0.297 e. The SMILES string of the molecule is CC(=O)Nc1coc(N[C@@H](C)c2cc3cc(Cl)c(O[C@H](C)c4ccccn4)cc3[nH]c2=O)n1. The molecule has 0 unspecified atom stereocenters. The molecule has 3 aromatic heterocycles.